The Morgan fingerprint density at radius 3 is 3.11 bits per heavy atom. The summed E-state index contributed by atoms with van der Waals surface area (Å²) >= 11 is 1.89. The zero-order valence-corrected chi connectivity index (χ0v) is 12.5. The van der Waals surface area contributed by atoms with E-state index in [1.165, 1.54) is 50.2 Å². The third-order valence-electron chi connectivity index (χ3n) is 3.94. The molecular formula is C15H26N2S. The first-order valence-electron chi connectivity index (χ1n) is 7.29. The van der Waals surface area contributed by atoms with E-state index in [4.69, 9.17) is 0 Å². The van der Waals surface area contributed by atoms with Crippen LogP contribution in [0.3, 0.4) is 0 Å². The van der Waals surface area contributed by atoms with E-state index in [2.05, 4.69) is 41.6 Å². The molecule has 3 heteroatoms. The van der Waals surface area contributed by atoms with Crippen molar-refractivity contribution in [3.63, 3.8) is 0 Å². The Hall–Kier alpha value is -0.380. The van der Waals surface area contributed by atoms with Gasteiger partial charge in [0.1, 0.15) is 0 Å². The molecular weight excluding hydrogens is 240 g/mol. The van der Waals surface area contributed by atoms with Gasteiger partial charge in [-0.15, -0.1) is 11.3 Å². The highest BCUT2D eigenvalue weighted by molar-refractivity contribution is 7.09. The molecule has 0 bridgehead atoms. The molecule has 1 N–H and O–H groups in total. The molecule has 1 aromatic heterocycles. The first-order valence-corrected chi connectivity index (χ1v) is 8.17. The number of hydrogen-bond donors (Lipinski definition) is 1. The van der Waals surface area contributed by atoms with E-state index in [1.807, 2.05) is 11.3 Å². The molecule has 0 aliphatic carbocycles. The molecule has 0 aromatic carbocycles. The number of nitrogens with zero attached hydrogens (tertiary/aromatic N) is 1. The highest BCUT2D eigenvalue weighted by Crippen LogP contribution is 2.15. The number of hydrogen-bond acceptors (Lipinski definition) is 3. The standard InChI is InChI=1S/C15H26N2S/c1-3-5-14-12-17(13(2)7-9-16-14)10-8-15-6-4-11-18-15/h4,6,11,13-14,16H,3,5,7-10,12H2,1-2H3. The Morgan fingerprint density at radius 1 is 1.50 bits per heavy atom. The van der Waals surface area contributed by atoms with Crippen LogP contribution in [0.2, 0.25) is 0 Å². The van der Waals surface area contributed by atoms with Crippen LogP contribution in [0.1, 0.15) is 38.0 Å². The monoisotopic (exact) mass is 266 g/mol. The SMILES string of the molecule is CCCC1CN(CCc2cccs2)C(C)CCN1. The van der Waals surface area contributed by atoms with E-state index >= 15 is 0 Å². The Bertz CT molecular complexity index is 323. The lowest BCUT2D eigenvalue weighted by molar-refractivity contribution is 0.204. The fourth-order valence-corrected chi connectivity index (χ4v) is 3.47. The largest absolute Gasteiger partial charge is 0.313 e. The zero-order chi connectivity index (χ0) is 12.8. The van der Waals surface area contributed by atoms with Gasteiger partial charge in [-0.05, 0) is 44.2 Å². The van der Waals surface area contributed by atoms with Gasteiger partial charge in [-0.2, -0.15) is 0 Å². The van der Waals surface area contributed by atoms with Crippen LogP contribution in [0.25, 0.3) is 0 Å². The van der Waals surface area contributed by atoms with Crippen molar-refractivity contribution in [3.8, 4) is 0 Å². The van der Waals surface area contributed by atoms with Crippen LogP contribution in [-0.4, -0.2) is 36.6 Å². The van der Waals surface area contributed by atoms with Crippen LogP contribution in [0.4, 0.5) is 0 Å². The van der Waals surface area contributed by atoms with E-state index in [1.54, 1.807) is 0 Å². The maximum atomic E-state index is 3.70. The van der Waals surface area contributed by atoms with E-state index in [-0.39, 0.29) is 0 Å². The predicted molar refractivity (Wildman–Crippen MR) is 80.4 cm³/mol. The quantitative estimate of drug-likeness (QED) is 0.881. The van der Waals surface area contributed by atoms with Crippen LogP contribution >= 0.6 is 11.3 Å². The van der Waals surface area contributed by atoms with Gasteiger partial charge < -0.3 is 5.32 Å². The van der Waals surface area contributed by atoms with Gasteiger partial charge in [0.05, 0.1) is 0 Å². The topological polar surface area (TPSA) is 15.3 Å². The van der Waals surface area contributed by atoms with Crippen molar-refractivity contribution in [3.05, 3.63) is 22.4 Å². The molecule has 2 heterocycles. The maximum Gasteiger partial charge on any atom is 0.0195 e. The van der Waals surface area contributed by atoms with Crippen molar-refractivity contribution in [1.29, 1.82) is 0 Å². The number of thiophene rings is 1. The second kappa shape index (κ2) is 7.27. The van der Waals surface area contributed by atoms with Gasteiger partial charge in [-0.3, -0.25) is 4.90 Å². The van der Waals surface area contributed by atoms with Crippen LogP contribution in [0.15, 0.2) is 17.5 Å². The molecule has 1 aromatic rings. The molecule has 1 fully saturated rings. The summed E-state index contributed by atoms with van der Waals surface area (Å²) in [5, 5.41) is 5.88. The first-order chi connectivity index (χ1) is 8.79. The third-order valence-corrected chi connectivity index (χ3v) is 4.87. The van der Waals surface area contributed by atoms with Gasteiger partial charge in [0.25, 0.3) is 0 Å². The summed E-state index contributed by atoms with van der Waals surface area (Å²) in [6.45, 7) is 8.28. The molecule has 102 valence electrons. The molecule has 2 unspecified atom stereocenters. The van der Waals surface area contributed by atoms with Crippen LogP contribution in [-0.2, 0) is 6.42 Å². The molecule has 0 spiro atoms. The zero-order valence-electron chi connectivity index (χ0n) is 11.7. The summed E-state index contributed by atoms with van der Waals surface area (Å²) in [7, 11) is 0. The minimum Gasteiger partial charge on any atom is -0.313 e. The molecule has 1 aliphatic heterocycles. The number of nitrogens with one attached hydrogen (secondary N) is 1. The lowest BCUT2D eigenvalue weighted by Crippen LogP contribution is -2.40. The van der Waals surface area contributed by atoms with E-state index in [0.29, 0.717) is 6.04 Å². The molecule has 2 atom stereocenters. The minimum absolute atomic E-state index is 0.697. The highest BCUT2D eigenvalue weighted by atomic mass is 32.1. The second-order valence-corrected chi connectivity index (χ2v) is 6.43. The van der Waals surface area contributed by atoms with Gasteiger partial charge in [-0.1, -0.05) is 19.4 Å². The van der Waals surface area contributed by atoms with E-state index in [0.717, 1.165) is 6.04 Å². The Kier molecular flexibility index (Phi) is 5.67. The normalized spacial score (nSPS) is 26.1. The second-order valence-electron chi connectivity index (χ2n) is 5.40. The van der Waals surface area contributed by atoms with Crippen molar-refractivity contribution >= 4 is 11.3 Å². The van der Waals surface area contributed by atoms with Crippen LogP contribution in [0, 0.1) is 0 Å². The van der Waals surface area contributed by atoms with Crippen molar-refractivity contribution in [1.82, 2.24) is 10.2 Å². The lowest BCUT2D eigenvalue weighted by atomic mass is 10.1. The van der Waals surface area contributed by atoms with Crippen LogP contribution in [0.5, 0.6) is 0 Å². The van der Waals surface area contributed by atoms with Crippen molar-refractivity contribution in [2.75, 3.05) is 19.6 Å². The summed E-state index contributed by atoms with van der Waals surface area (Å²) in [4.78, 5) is 4.20. The fourth-order valence-electron chi connectivity index (χ4n) is 2.77. The maximum absolute atomic E-state index is 3.70. The van der Waals surface area contributed by atoms with Gasteiger partial charge in [-0.25, -0.2) is 0 Å². The summed E-state index contributed by atoms with van der Waals surface area (Å²) in [5.74, 6) is 0. The molecule has 0 amide bonds. The highest BCUT2D eigenvalue weighted by Gasteiger charge is 2.21. The fraction of sp³-hybridized carbons (Fsp3) is 0.733. The average molecular weight is 266 g/mol. The Balaban J connectivity index is 1.86. The average Bonchev–Trinajstić information content (AvgIpc) is 2.81. The number of rotatable bonds is 5. The lowest BCUT2D eigenvalue weighted by Gasteiger charge is -2.28. The van der Waals surface area contributed by atoms with Crippen molar-refractivity contribution in [2.24, 2.45) is 0 Å². The molecule has 0 saturated carbocycles. The third kappa shape index (κ3) is 4.08. The van der Waals surface area contributed by atoms with Crippen molar-refractivity contribution < 1.29 is 0 Å². The van der Waals surface area contributed by atoms with Crippen molar-refractivity contribution in [2.45, 2.75) is 51.6 Å². The first kappa shape index (κ1) is 14.0. The van der Waals surface area contributed by atoms with Gasteiger partial charge in [0.15, 0.2) is 0 Å². The molecule has 0 radical (unpaired) electrons. The smallest absolute Gasteiger partial charge is 0.0195 e. The molecule has 18 heavy (non-hydrogen) atoms. The summed E-state index contributed by atoms with van der Waals surface area (Å²) < 4.78 is 0. The summed E-state index contributed by atoms with van der Waals surface area (Å²) in [6.07, 6.45) is 5.08. The van der Waals surface area contributed by atoms with Crippen LogP contribution < -0.4 is 5.32 Å². The van der Waals surface area contributed by atoms with Gasteiger partial charge in [0.2, 0.25) is 0 Å². The van der Waals surface area contributed by atoms with E-state index in [9.17, 15) is 0 Å². The Labute approximate surface area is 115 Å². The minimum atomic E-state index is 0.697. The van der Waals surface area contributed by atoms with E-state index < -0.39 is 0 Å². The van der Waals surface area contributed by atoms with Gasteiger partial charge in [0, 0.05) is 30.1 Å². The van der Waals surface area contributed by atoms with Gasteiger partial charge >= 0.3 is 0 Å². The molecule has 2 rings (SSSR count). The predicted octanol–water partition coefficient (Wildman–Crippen LogP) is 3.14. The molecule has 2 nitrogen and oxygen atoms in total. The molecule has 1 aliphatic rings. The summed E-state index contributed by atoms with van der Waals surface area (Å²) in [6, 6.07) is 5.84. The Morgan fingerprint density at radius 2 is 2.39 bits per heavy atom. The molecule has 1 saturated heterocycles. The summed E-state index contributed by atoms with van der Waals surface area (Å²) in [5.41, 5.74) is 0.